The number of hydrogen-bond acceptors (Lipinski definition) is 6. The standard InChI is InChI=1S/C30H36O5S2/c1-29(2,19-31)13-7-9-22-15-20(32)17-26(36-22)24-11-5-6-12-25(24)27-18-21(33)16-23(37-27)10-8-14-30(3,4)28(34)35/h5-6,11-12,15-18,31H,7-10,13-14,19H2,1-4H3,(H,34,35). The summed E-state index contributed by atoms with van der Waals surface area (Å²) in [4.78, 5) is 40.2. The summed E-state index contributed by atoms with van der Waals surface area (Å²) in [5.74, 6) is -0.818. The molecule has 0 radical (unpaired) electrons. The van der Waals surface area contributed by atoms with E-state index in [4.69, 9.17) is 0 Å². The highest BCUT2D eigenvalue weighted by Gasteiger charge is 2.26. The van der Waals surface area contributed by atoms with E-state index in [0.29, 0.717) is 19.3 Å². The van der Waals surface area contributed by atoms with Crippen LogP contribution in [0.15, 0.2) is 58.1 Å². The molecule has 0 unspecified atom stereocenters. The zero-order valence-corrected chi connectivity index (χ0v) is 23.6. The van der Waals surface area contributed by atoms with Crippen molar-refractivity contribution in [2.75, 3.05) is 6.61 Å². The number of aliphatic hydroxyl groups excluding tert-OH is 1. The summed E-state index contributed by atoms with van der Waals surface area (Å²) in [5, 5.41) is 18.9. The van der Waals surface area contributed by atoms with Crippen molar-refractivity contribution in [3.05, 3.63) is 78.7 Å². The summed E-state index contributed by atoms with van der Waals surface area (Å²) in [7, 11) is 0. The molecule has 0 fully saturated rings. The summed E-state index contributed by atoms with van der Waals surface area (Å²) in [6, 6.07) is 14.5. The predicted molar refractivity (Wildman–Crippen MR) is 154 cm³/mol. The van der Waals surface area contributed by atoms with E-state index in [1.54, 1.807) is 60.8 Å². The Balaban J connectivity index is 1.89. The van der Waals surface area contributed by atoms with Gasteiger partial charge in [0, 0.05) is 49.4 Å². The largest absolute Gasteiger partial charge is 0.481 e. The quantitative estimate of drug-likeness (QED) is 0.269. The molecule has 0 aliphatic heterocycles. The summed E-state index contributed by atoms with van der Waals surface area (Å²) in [6.45, 7) is 7.65. The molecule has 0 saturated carbocycles. The first kappa shape index (κ1) is 29.0. The maximum atomic E-state index is 12.6. The zero-order chi connectivity index (χ0) is 27.2. The normalized spacial score (nSPS) is 12.0. The number of carboxylic acids is 1. The molecule has 0 amide bonds. The van der Waals surface area contributed by atoms with Gasteiger partial charge >= 0.3 is 5.97 Å². The lowest BCUT2D eigenvalue weighted by molar-refractivity contribution is -0.147. The Bertz CT molecular complexity index is 1350. The lowest BCUT2D eigenvalue weighted by Crippen LogP contribution is -2.23. The molecule has 37 heavy (non-hydrogen) atoms. The van der Waals surface area contributed by atoms with Crippen molar-refractivity contribution in [1.29, 1.82) is 0 Å². The van der Waals surface area contributed by atoms with Crippen LogP contribution in [0.5, 0.6) is 0 Å². The van der Waals surface area contributed by atoms with Crippen LogP contribution in [-0.4, -0.2) is 22.8 Å². The van der Waals surface area contributed by atoms with Crippen LogP contribution in [0, 0.1) is 10.8 Å². The van der Waals surface area contributed by atoms with Gasteiger partial charge in [-0.05, 0) is 69.9 Å². The number of aryl methyl sites for hydroxylation is 2. The second-order valence-electron chi connectivity index (χ2n) is 11.0. The van der Waals surface area contributed by atoms with Crippen LogP contribution in [0.25, 0.3) is 20.9 Å². The van der Waals surface area contributed by atoms with E-state index in [2.05, 4.69) is 0 Å². The summed E-state index contributed by atoms with van der Waals surface area (Å²) >= 11 is 3.13. The molecule has 0 bridgehead atoms. The molecule has 0 aliphatic carbocycles. The van der Waals surface area contributed by atoms with Gasteiger partial charge in [-0.25, -0.2) is 0 Å². The minimum atomic E-state index is -0.818. The van der Waals surface area contributed by atoms with Crippen LogP contribution in [0.2, 0.25) is 0 Å². The van der Waals surface area contributed by atoms with Gasteiger partial charge in [0.2, 0.25) is 0 Å². The van der Waals surface area contributed by atoms with E-state index in [9.17, 15) is 24.6 Å². The Morgan fingerprint density at radius 3 is 1.68 bits per heavy atom. The van der Waals surface area contributed by atoms with Crippen molar-refractivity contribution in [3.8, 4) is 20.9 Å². The zero-order valence-electron chi connectivity index (χ0n) is 22.0. The molecule has 2 aromatic heterocycles. The van der Waals surface area contributed by atoms with Gasteiger partial charge in [-0.2, -0.15) is 0 Å². The SMILES string of the molecule is CC(C)(CO)CCCc1cc(=O)cc(-c2ccccc2-c2cc(=O)cc(CCCC(C)(C)C(=O)O)s2)s1. The molecular weight excluding hydrogens is 504 g/mol. The molecule has 1 aromatic carbocycles. The summed E-state index contributed by atoms with van der Waals surface area (Å²) in [6.07, 6.45) is 4.37. The minimum absolute atomic E-state index is 0.0389. The van der Waals surface area contributed by atoms with Gasteiger partial charge in [-0.3, -0.25) is 14.4 Å². The first-order valence-corrected chi connectivity index (χ1v) is 14.3. The van der Waals surface area contributed by atoms with Gasteiger partial charge in [-0.1, -0.05) is 38.1 Å². The third-order valence-corrected chi connectivity index (χ3v) is 8.89. The van der Waals surface area contributed by atoms with Gasteiger partial charge in [0.05, 0.1) is 5.41 Å². The minimum Gasteiger partial charge on any atom is -0.481 e. The number of carbonyl (C=O) groups is 1. The van der Waals surface area contributed by atoms with Crippen LogP contribution >= 0.6 is 22.7 Å². The second kappa shape index (κ2) is 12.3. The van der Waals surface area contributed by atoms with Crippen molar-refractivity contribution in [3.63, 3.8) is 0 Å². The van der Waals surface area contributed by atoms with E-state index >= 15 is 0 Å². The van der Waals surface area contributed by atoms with Crippen molar-refractivity contribution < 1.29 is 15.0 Å². The predicted octanol–water partition coefficient (Wildman–Crippen LogP) is 6.64. The third-order valence-electron chi connectivity index (χ3n) is 6.60. The molecule has 7 heteroatoms. The van der Waals surface area contributed by atoms with Gasteiger partial charge in [0.15, 0.2) is 10.9 Å². The van der Waals surface area contributed by atoms with E-state index in [1.165, 1.54) is 0 Å². The Hall–Kier alpha value is -2.61. The number of hydrogen-bond donors (Lipinski definition) is 2. The molecule has 3 aromatic rings. The molecule has 0 saturated heterocycles. The van der Waals surface area contributed by atoms with Gasteiger partial charge in [0.25, 0.3) is 0 Å². The van der Waals surface area contributed by atoms with Crippen LogP contribution in [0.1, 0.15) is 63.1 Å². The van der Waals surface area contributed by atoms with Gasteiger partial charge in [-0.15, -0.1) is 22.7 Å². The van der Waals surface area contributed by atoms with Crippen LogP contribution in [0.4, 0.5) is 0 Å². The molecule has 5 nitrogen and oxygen atoms in total. The van der Waals surface area contributed by atoms with Crippen molar-refractivity contribution in [2.24, 2.45) is 10.8 Å². The highest BCUT2D eigenvalue weighted by molar-refractivity contribution is 7.16. The highest BCUT2D eigenvalue weighted by atomic mass is 32.1. The highest BCUT2D eigenvalue weighted by Crippen LogP contribution is 2.37. The fraction of sp³-hybridized carbons (Fsp3) is 0.433. The van der Waals surface area contributed by atoms with E-state index in [0.717, 1.165) is 49.9 Å². The van der Waals surface area contributed by atoms with Crippen LogP contribution < -0.4 is 10.9 Å². The van der Waals surface area contributed by atoms with E-state index in [1.807, 2.05) is 38.1 Å². The van der Waals surface area contributed by atoms with Crippen molar-refractivity contribution in [2.45, 2.75) is 66.2 Å². The average Bonchev–Trinajstić information content (AvgIpc) is 2.83. The third kappa shape index (κ3) is 8.19. The summed E-state index contributed by atoms with van der Waals surface area (Å²) < 4.78 is 0. The number of aliphatic hydroxyl groups is 1. The Morgan fingerprint density at radius 2 is 1.24 bits per heavy atom. The average molecular weight is 541 g/mol. The lowest BCUT2D eigenvalue weighted by Gasteiger charge is -2.21. The van der Waals surface area contributed by atoms with Crippen LogP contribution in [-0.2, 0) is 17.6 Å². The first-order valence-electron chi connectivity index (χ1n) is 12.6. The molecule has 2 heterocycles. The van der Waals surface area contributed by atoms with E-state index in [-0.39, 0.29) is 22.9 Å². The number of benzene rings is 1. The second-order valence-corrected chi connectivity index (χ2v) is 13.3. The molecular formula is C30H36O5S2. The molecule has 2 N–H and O–H groups in total. The van der Waals surface area contributed by atoms with Gasteiger partial charge in [0.1, 0.15) is 0 Å². The van der Waals surface area contributed by atoms with E-state index < -0.39 is 11.4 Å². The molecule has 0 spiro atoms. The van der Waals surface area contributed by atoms with Gasteiger partial charge < -0.3 is 10.2 Å². The summed E-state index contributed by atoms with van der Waals surface area (Å²) in [5.41, 5.74) is 0.771. The Labute approximate surface area is 226 Å². The topological polar surface area (TPSA) is 91.7 Å². The maximum Gasteiger partial charge on any atom is 0.309 e. The molecule has 198 valence electrons. The number of aliphatic carboxylic acids is 1. The number of carboxylic acid groups (broad SMARTS) is 1. The molecule has 0 aliphatic rings. The Morgan fingerprint density at radius 1 is 0.784 bits per heavy atom. The monoisotopic (exact) mass is 540 g/mol. The first-order chi connectivity index (χ1) is 17.4. The van der Waals surface area contributed by atoms with Crippen molar-refractivity contribution in [1.82, 2.24) is 0 Å². The van der Waals surface area contributed by atoms with Crippen molar-refractivity contribution >= 4 is 28.6 Å². The Kier molecular flexibility index (Phi) is 9.62. The fourth-order valence-electron chi connectivity index (χ4n) is 4.12. The number of rotatable bonds is 12. The molecule has 0 atom stereocenters. The van der Waals surface area contributed by atoms with Crippen LogP contribution in [0.3, 0.4) is 0 Å². The smallest absolute Gasteiger partial charge is 0.309 e. The lowest BCUT2D eigenvalue weighted by atomic mass is 9.87. The fourth-order valence-corrected chi connectivity index (χ4v) is 6.45. The maximum absolute atomic E-state index is 12.6. The molecule has 3 rings (SSSR count).